The van der Waals surface area contributed by atoms with Gasteiger partial charge in [0.25, 0.3) is 0 Å². The molecule has 0 aliphatic heterocycles. The van der Waals surface area contributed by atoms with E-state index in [2.05, 4.69) is 13.8 Å². The van der Waals surface area contributed by atoms with Crippen molar-refractivity contribution in [3.05, 3.63) is 0 Å². The van der Waals surface area contributed by atoms with Gasteiger partial charge in [-0.2, -0.15) is 0 Å². The molecule has 0 unspecified atom stereocenters. The molecule has 0 atom stereocenters. The van der Waals surface area contributed by atoms with Gasteiger partial charge in [0.2, 0.25) is 0 Å². The average molecular weight is 365 g/mol. The van der Waals surface area contributed by atoms with Crippen molar-refractivity contribution < 1.29 is 14.7 Å². The first kappa shape index (κ1) is 24.3. The molecule has 0 rings (SSSR count). The Bertz CT molecular complexity index is 250. The molecule has 0 saturated carbocycles. The Morgan fingerprint density at radius 3 is 0.958 bits per heavy atom. The molecule has 3 nitrogen and oxygen atoms in total. The molecule has 0 saturated heterocycles. The van der Waals surface area contributed by atoms with Crippen LogP contribution in [0.3, 0.4) is 0 Å². The second-order valence-electron chi connectivity index (χ2n) is 7.74. The van der Waals surface area contributed by atoms with Crippen molar-refractivity contribution in [1.82, 2.24) is 0 Å². The van der Waals surface area contributed by atoms with Crippen molar-refractivity contribution in [1.29, 1.82) is 0 Å². The summed E-state index contributed by atoms with van der Waals surface area (Å²) in [4.78, 5) is 30.5. The van der Waals surface area contributed by atoms with Gasteiger partial charge in [-0.3, -0.25) is 0 Å². The molecular formula is C20H45O3P. The number of hydrogen-bond acceptors (Lipinski definition) is 3. The summed E-state index contributed by atoms with van der Waals surface area (Å²) in [5.74, 6) is 0. The summed E-state index contributed by atoms with van der Waals surface area (Å²) in [6.07, 6.45) is 19.0. The molecular weight excluding hydrogens is 319 g/mol. The van der Waals surface area contributed by atoms with Crippen LogP contribution in [0.5, 0.6) is 0 Å². The molecule has 0 radical (unpaired) electrons. The van der Waals surface area contributed by atoms with Crippen molar-refractivity contribution in [2.45, 2.75) is 117 Å². The fraction of sp³-hybridized carbons (Fsp3) is 1.00. The first-order valence-electron chi connectivity index (χ1n) is 10.6. The fourth-order valence-corrected chi connectivity index (χ4v) is 5.22. The Labute approximate surface area is 151 Å². The summed E-state index contributed by atoms with van der Waals surface area (Å²) in [6, 6.07) is 0. The average Bonchev–Trinajstić information content (AvgIpc) is 2.52. The van der Waals surface area contributed by atoms with Crippen molar-refractivity contribution in [2.24, 2.45) is 0 Å². The quantitative estimate of drug-likeness (QED) is 0.191. The van der Waals surface area contributed by atoms with Gasteiger partial charge in [-0.1, -0.05) is 0 Å². The first-order chi connectivity index (χ1) is 11.4. The molecule has 148 valence electrons. The van der Waals surface area contributed by atoms with Crippen LogP contribution in [0.2, 0.25) is 0 Å². The van der Waals surface area contributed by atoms with Gasteiger partial charge in [0.05, 0.1) is 0 Å². The monoisotopic (exact) mass is 364 g/mol. The molecule has 4 heteroatoms. The van der Waals surface area contributed by atoms with Crippen molar-refractivity contribution in [2.75, 3.05) is 12.3 Å². The van der Waals surface area contributed by atoms with Gasteiger partial charge in [0, 0.05) is 0 Å². The molecule has 0 heterocycles. The molecule has 0 aliphatic carbocycles. The Kier molecular flexibility index (Phi) is 14.7. The predicted molar refractivity (Wildman–Crippen MR) is 109 cm³/mol. The zero-order valence-corrected chi connectivity index (χ0v) is 17.4. The first-order valence-corrected chi connectivity index (χ1v) is 13.1. The topological polar surface area (TPSA) is 60.7 Å². The van der Waals surface area contributed by atoms with E-state index in [0.717, 1.165) is 38.5 Å². The molecule has 0 aromatic heterocycles. The molecule has 0 aromatic rings. The maximum atomic E-state index is 10.2. The Hall–Kier alpha value is 0.310. The van der Waals surface area contributed by atoms with Crippen LogP contribution in [-0.2, 0) is 0 Å². The van der Waals surface area contributed by atoms with Crippen molar-refractivity contribution in [3.63, 3.8) is 0 Å². The van der Waals surface area contributed by atoms with E-state index in [1.807, 2.05) is 0 Å². The summed E-state index contributed by atoms with van der Waals surface area (Å²) < 4.78 is 0. The van der Waals surface area contributed by atoms with Crippen LogP contribution in [0.25, 0.3) is 0 Å². The minimum absolute atomic E-state index is 0.205. The van der Waals surface area contributed by atoms with Crippen LogP contribution in [0, 0.1) is 0 Å². The van der Waals surface area contributed by atoms with Crippen LogP contribution in [0.15, 0.2) is 0 Å². The minimum atomic E-state index is -4.34. The second-order valence-corrected chi connectivity index (χ2v) is 11.3. The fourth-order valence-electron chi connectivity index (χ4n) is 3.25. The Balaban J connectivity index is 3.56. The maximum absolute atomic E-state index is 10.2. The Morgan fingerprint density at radius 1 is 0.417 bits per heavy atom. The van der Waals surface area contributed by atoms with Crippen LogP contribution in [0.1, 0.15) is 117 Å². The number of unbranched alkanes of at least 4 members (excludes halogenated alkanes) is 14. The summed E-state index contributed by atoms with van der Waals surface area (Å²) in [5.41, 5.74) is 0. The molecule has 0 aromatic carbocycles. The van der Waals surface area contributed by atoms with E-state index in [4.69, 9.17) is 0 Å². The van der Waals surface area contributed by atoms with Gasteiger partial charge >= 0.3 is 151 Å². The third-order valence-electron chi connectivity index (χ3n) is 4.94. The van der Waals surface area contributed by atoms with Gasteiger partial charge in [-0.15, -0.1) is 0 Å². The normalized spacial score (nSPS) is 13.8. The predicted octanol–water partition coefficient (Wildman–Crippen LogP) is 6.54. The third-order valence-corrected chi connectivity index (χ3v) is 7.40. The molecule has 0 amide bonds. The summed E-state index contributed by atoms with van der Waals surface area (Å²) >= 11 is 0. The van der Waals surface area contributed by atoms with Crippen LogP contribution < -0.4 is 0 Å². The van der Waals surface area contributed by atoms with E-state index in [1.54, 1.807) is 0 Å². The number of hydrogen-bond donors (Lipinski definition) is 3. The van der Waals surface area contributed by atoms with E-state index < -0.39 is 7.28 Å². The summed E-state index contributed by atoms with van der Waals surface area (Å²) in [5, 5.41) is 0. The van der Waals surface area contributed by atoms with Gasteiger partial charge in [-0.05, 0) is 0 Å². The van der Waals surface area contributed by atoms with E-state index in [9.17, 15) is 14.7 Å². The van der Waals surface area contributed by atoms with Crippen LogP contribution in [-0.4, -0.2) is 27.0 Å². The van der Waals surface area contributed by atoms with Crippen LogP contribution >= 0.6 is 7.28 Å². The molecule has 0 aliphatic rings. The van der Waals surface area contributed by atoms with Gasteiger partial charge in [0.15, 0.2) is 0 Å². The number of rotatable bonds is 18. The van der Waals surface area contributed by atoms with Crippen molar-refractivity contribution in [3.8, 4) is 0 Å². The molecule has 24 heavy (non-hydrogen) atoms. The van der Waals surface area contributed by atoms with E-state index in [1.165, 1.54) is 64.2 Å². The Morgan fingerprint density at radius 2 is 0.667 bits per heavy atom. The zero-order chi connectivity index (χ0) is 18.2. The van der Waals surface area contributed by atoms with Crippen LogP contribution in [0.4, 0.5) is 0 Å². The van der Waals surface area contributed by atoms with Gasteiger partial charge in [0.1, 0.15) is 0 Å². The molecule has 0 spiro atoms. The van der Waals surface area contributed by atoms with Crippen molar-refractivity contribution >= 4 is 7.28 Å². The van der Waals surface area contributed by atoms with Gasteiger partial charge < -0.3 is 0 Å². The summed E-state index contributed by atoms with van der Waals surface area (Å²) in [6.45, 7) is 4.44. The van der Waals surface area contributed by atoms with E-state index >= 15 is 0 Å². The SMILES string of the molecule is CCCCCCCCCCP(O)(O)(O)CCCCCCCCCC. The second kappa shape index (κ2) is 14.5. The molecule has 0 bridgehead atoms. The standard InChI is InChI=1S/C20H45O3P/c1-3-5-7-9-11-13-15-17-19-24(21,22,23)20-18-16-14-12-10-8-6-4-2/h21-23H,3-20H2,1-2H3. The van der Waals surface area contributed by atoms with Gasteiger partial charge in [-0.25, -0.2) is 0 Å². The third kappa shape index (κ3) is 17.1. The van der Waals surface area contributed by atoms with E-state index in [-0.39, 0.29) is 12.3 Å². The zero-order valence-electron chi connectivity index (χ0n) is 16.5. The summed E-state index contributed by atoms with van der Waals surface area (Å²) in [7, 11) is -4.34. The molecule has 3 N–H and O–H groups in total. The van der Waals surface area contributed by atoms with E-state index in [0.29, 0.717) is 0 Å². The molecule has 0 fully saturated rings.